The molecule has 2 rings (SSSR count). The van der Waals surface area contributed by atoms with Gasteiger partial charge in [0.15, 0.2) is 0 Å². The first-order chi connectivity index (χ1) is 10.8. The molecule has 0 aromatic carbocycles. The summed E-state index contributed by atoms with van der Waals surface area (Å²) in [6.07, 6.45) is 2.84. The number of rotatable bonds is 7. The van der Waals surface area contributed by atoms with Crippen molar-refractivity contribution in [3.63, 3.8) is 0 Å². The zero-order valence-corrected chi connectivity index (χ0v) is 14.3. The fourth-order valence-electron chi connectivity index (χ4n) is 2.48. The van der Waals surface area contributed by atoms with Gasteiger partial charge in [0.25, 0.3) is 0 Å². The van der Waals surface area contributed by atoms with E-state index in [2.05, 4.69) is 9.71 Å². The third-order valence-corrected chi connectivity index (χ3v) is 5.41. The molecular weight excluding hydrogens is 316 g/mol. The van der Waals surface area contributed by atoms with Crippen molar-refractivity contribution >= 4 is 21.7 Å². The number of amides is 1. The van der Waals surface area contributed by atoms with Crippen molar-refractivity contribution in [3.05, 3.63) is 18.3 Å². The van der Waals surface area contributed by atoms with E-state index in [0.29, 0.717) is 37.8 Å². The van der Waals surface area contributed by atoms with Crippen LogP contribution in [-0.4, -0.2) is 38.9 Å². The minimum atomic E-state index is -3.53. The number of aromatic nitrogens is 1. The number of carbonyl (C=O) groups is 1. The van der Waals surface area contributed by atoms with Gasteiger partial charge in [-0.1, -0.05) is 13.8 Å². The second-order valence-electron chi connectivity index (χ2n) is 6.27. The maximum absolute atomic E-state index is 12.2. The Kier molecular flexibility index (Phi) is 5.59. The van der Waals surface area contributed by atoms with Gasteiger partial charge in [-0.05, 0) is 30.9 Å². The van der Waals surface area contributed by atoms with Gasteiger partial charge in [-0.2, -0.15) is 0 Å². The van der Waals surface area contributed by atoms with Crippen LogP contribution in [0.25, 0.3) is 0 Å². The van der Waals surface area contributed by atoms with E-state index in [-0.39, 0.29) is 16.7 Å². The lowest BCUT2D eigenvalue weighted by Crippen LogP contribution is -2.28. The summed E-state index contributed by atoms with van der Waals surface area (Å²) in [7, 11) is -3.53. The Morgan fingerprint density at radius 1 is 1.48 bits per heavy atom. The highest BCUT2D eigenvalue weighted by Crippen LogP contribution is 2.22. The molecule has 1 atom stereocenters. The SMILES string of the molecule is CC(C)CCNS(=O)(=O)c1ccc(N2CC[C@H](C(N)=O)C2)nc1. The van der Waals surface area contributed by atoms with Gasteiger partial charge in [-0.25, -0.2) is 18.1 Å². The summed E-state index contributed by atoms with van der Waals surface area (Å²) in [5, 5.41) is 0. The van der Waals surface area contributed by atoms with Crippen LogP contribution < -0.4 is 15.4 Å². The monoisotopic (exact) mass is 340 g/mol. The number of nitrogens with two attached hydrogens (primary N) is 1. The van der Waals surface area contributed by atoms with Crippen LogP contribution in [-0.2, 0) is 14.8 Å². The van der Waals surface area contributed by atoms with Crippen molar-refractivity contribution in [3.8, 4) is 0 Å². The minimum Gasteiger partial charge on any atom is -0.369 e. The predicted octanol–water partition coefficient (Wildman–Crippen LogP) is 0.718. The van der Waals surface area contributed by atoms with E-state index in [1.807, 2.05) is 18.7 Å². The molecule has 23 heavy (non-hydrogen) atoms. The van der Waals surface area contributed by atoms with Gasteiger partial charge in [-0.15, -0.1) is 0 Å². The summed E-state index contributed by atoms with van der Waals surface area (Å²) < 4.78 is 26.9. The maximum Gasteiger partial charge on any atom is 0.242 e. The first kappa shape index (κ1) is 17.7. The Balaban J connectivity index is 2.00. The number of primary amides is 1. The molecule has 3 N–H and O–H groups in total. The highest BCUT2D eigenvalue weighted by atomic mass is 32.2. The molecule has 0 radical (unpaired) electrons. The molecule has 0 saturated carbocycles. The van der Waals surface area contributed by atoms with Gasteiger partial charge in [0.1, 0.15) is 10.7 Å². The fourth-order valence-corrected chi connectivity index (χ4v) is 3.48. The zero-order chi connectivity index (χ0) is 17.0. The van der Waals surface area contributed by atoms with Gasteiger partial charge < -0.3 is 10.6 Å². The topological polar surface area (TPSA) is 105 Å². The molecule has 1 saturated heterocycles. The van der Waals surface area contributed by atoms with E-state index < -0.39 is 10.0 Å². The average molecular weight is 340 g/mol. The molecule has 0 spiro atoms. The molecule has 0 aliphatic carbocycles. The molecule has 0 unspecified atom stereocenters. The average Bonchev–Trinajstić information content (AvgIpc) is 2.97. The number of sulfonamides is 1. The first-order valence-electron chi connectivity index (χ1n) is 7.79. The highest BCUT2D eigenvalue weighted by molar-refractivity contribution is 7.89. The summed E-state index contributed by atoms with van der Waals surface area (Å²) in [6, 6.07) is 3.21. The van der Waals surface area contributed by atoms with Gasteiger partial charge >= 0.3 is 0 Å². The van der Waals surface area contributed by atoms with E-state index in [0.717, 1.165) is 6.42 Å². The summed E-state index contributed by atoms with van der Waals surface area (Å²) in [4.78, 5) is 17.5. The van der Waals surface area contributed by atoms with Gasteiger partial charge in [0.2, 0.25) is 15.9 Å². The molecular formula is C15H24N4O3S. The van der Waals surface area contributed by atoms with Crippen molar-refractivity contribution in [1.29, 1.82) is 0 Å². The molecule has 8 heteroatoms. The first-order valence-corrected chi connectivity index (χ1v) is 9.28. The molecule has 7 nitrogen and oxygen atoms in total. The minimum absolute atomic E-state index is 0.149. The van der Waals surface area contributed by atoms with E-state index in [4.69, 9.17) is 5.73 Å². The third kappa shape index (κ3) is 4.65. The number of nitrogens with zero attached hydrogens (tertiary/aromatic N) is 2. The molecule has 1 fully saturated rings. The van der Waals surface area contributed by atoms with Crippen molar-refractivity contribution in [2.24, 2.45) is 17.6 Å². The van der Waals surface area contributed by atoms with Crippen molar-refractivity contribution in [2.45, 2.75) is 31.6 Å². The molecule has 1 amide bonds. The number of hydrogen-bond acceptors (Lipinski definition) is 5. The number of carbonyl (C=O) groups excluding carboxylic acids is 1. The number of hydrogen-bond donors (Lipinski definition) is 2. The summed E-state index contributed by atoms with van der Waals surface area (Å²) in [5.74, 6) is 0.625. The smallest absolute Gasteiger partial charge is 0.242 e. The standard InChI is InChI=1S/C15H24N4O3S/c1-11(2)5-7-18-23(21,22)13-3-4-14(17-9-13)19-8-6-12(10-19)15(16)20/h3-4,9,11-12,18H,5-8,10H2,1-2H3,(H2,16,20)/t12-/m0/s1. The Hall–Kier alpha value is -1.67. The molecule has 2 heterocycles. The van der Waals surface area contributed by atoms with Crippen molar-refractivity contribution in [1.82, 2.24) is 9.71 Å². The number of nitrogens with one attached hydrogen (secondary N) is 1. The molecule has 1 aliphatic rings. The Labute approximate surface area is 137 Å². The predicted molar refractivity (Wildman–Crippen MR) is 88.4 cm³/mol. The van der Waals surface area contributed by atoms with E-state index in [1.54, 1.807) is 6.07 Å². The summed E-state index contributed by atoms with van der Waals surface area (Å²) >= 11 is 0. The normalized spacial score (nSPS) is 18.6. The number of anilines is 1. The van der Waals surface area contributed by atoms with E-state index in [9.17, 15) is 13.2 Å². The van der Waals surface area contributed by atoms with E-state index in [1.165, 1.54) is 12.3 Å². The molecule has 1 aromatic heterocycles. The molecule has 128 valence electrons. The van der Waals surface area contributed by atoms with Crippen LogP contribution in [0.3, 0.4) is 0 Å². The summed E-state index contributed by atoms with van der Waals surface area (Å²) in [5.41, 5.74) is 5.31. The van der Waals surface area contributed by atoms with Crippen LogP contribution in [0.5, 0.6) is 0 Å². The Bertz CT molecular complexity index is 643. The van der Waals surface area contributed by atoms with Crippen LogP contribution in [0.4, 0.5) is 5.82 Å². The lowest BCUT2D eigenvalue weighted by molar-refractivity contribution is -0.121. The second kappa shape index (κ2) is 7.27. The fraction of sp³-hybridized carbons (Fsp3) is 0.600. The highest BCUT2D eigenvalue weighted by Gasteiger charge is 2.27. The van der Waals surface area contributed by atoms with Crippen LogP contribution in [0.1, 0.15) is 26.7 Å². The van der Waals surface area contributed by atoms with Crippen LogP contribution >= 0.6 is 0 Å². The van der Waals surface area contributed by atoms with Crippen LogP contribution in [0.15, 0.2) is 23.2 Å². The lowest BCUT2D eigenvalue weighted by Gasteiger charge is -2.17. The van der Waals surface area contributed by atoms with Crippen molar-refractivity contribution < 1.29 is 13.2 Å². The quantitative estimate of drug-likeness (QED) is 0.761. The molecule has 1 aliphatic heterocycles. The third-order valence-electron chi connectivity index (χ3n) is 3.96. The van der Waals surface area contributed by atoms with E-state index >= 15 is 0 Å². The van der Waals surface area contributed by atoms with Gasteiger partial charge in [-0.3, -0.25) is 4.79 Å². The van der Waals surface area contributed by atoms with Gasteiger partial charge in [0, 0.05) is 25.8 Å². The lowest BCUT2D eigenvalue weighted by atomic mass is 10.1. The Morgan fingerprint density at radius 2 is 2.22 bits per heavy atom. The van der Waals surface area contributed by atoms with Crippen LogP contribution in [0.2, 0.25) is 0 Å². The Morgan fingerprint density at radius 3 is 2.74 bits per heavy atom. The summed E-state index contributed by atoms with van der Waals surface area (Å²) in [6.45, 7) is 5.72. The molecule has 1 aromatic rings. The van der Waals surface area contributed by atoms with Gasteiger partial charge in [0.05, 0.1) is 5.92 Å². The maximum atomic E-state index is 12.2. The van der Waals surface area contributed by atoms with Crippen LogP contribution in [0, 0.1) is 11.8 Å². The van der Waals surface area contributed by atoms with Crippen molar-refractivity contribution in [2.75, 3.05) is 24.5 Å². The second-order valence-corrected chi connectivity index (χ2v) is 8.03. The zero-order valence-electron chi connectivity index (χ0n) is 13.5. The largest absolute Gasteiger partial charge is 0.369 e. The number of pyridine rings is 1. The molecule has 0 bridgehead atoms.